The lowest BCUT2D eigenvalue weighted by Crippen LogP contribution is -2.25. The Morgan fingerprint density at radius 2 is 2.17 bits per heavy atom. The maximum absolute atomic E-state index is 12.0. The molecule has 0 saturated carbocycles. The molecule has 96 valence electrons. The molecule has 18 heavy (non-hydrogen) atoms. The lowest BCUT2D eigenvalue weighted by atomic mass is 10.1. The lowest BCUT2D eigenvalue weighted by Gasteiger charge is -2.05. The van der Waals surface area contributed by atoms with Gasteiger partial charge < -0.3 is 15.4 Å². The average molecular weight is 246 g/mol. The number of aliphatic hydroxyl groups is 1. The quantitative estimate of drug-likeness (QED) is 0.721. The predicted molar refractivity (Wildman–Crippen MR) is 71.8 cm³/mol. The van der Waals surface area contributed by atoms with E-state index in [2.05, 4.69) is 10.3 Å². The number of hydrogen-bond acceptors (Lipinski definition) is 2. The Labute approximate surface area is 106 Å². The summed E-state index contributed by atoms with van der Waals surface area (Å²) in [4.78, 5) is 15.3. The van der Waals surface area contributed by atoms with Gasteiger partial charge in [-0.3, -0.25) is 4.79 Å². The molecule has 0 fully saturated rings. The zero-order valence-electron chi connectivity index (χ0n) is 10.7. The number of para-hydroxylation sites is 1. The van der Waals surface area contributed by atoms with Crippen LogP contribution in [0.5, 0.6) is 0 Å². The number of hydrogen-bond donors (Lipinski definition) is 3. The summed E-state index contributed by atoms with van der Waals surface area (Å²) in [6, 6.07) is 5.72. The van der Waals surface area contributed by atoms with E-state index in [-0.39, 0.29) is 12.5 Å². The number of H-pyrrole nitrogens is 1. The number of rotatable bonds is 4. The fourth-order valence-electron chi connectivity index (χ4n) is 2.05. The molecule has 1 heterocycles. The molecule has 0 bridgehead atoms. The smallest absolute Gasteiger partial charge is 0.253 e. The molecular weight excluding hydrogens is 228 g/mol. The third-order valence-corrected chi connectivity index (χ3v) is 3.21. The maximum atomic E-state index is 12.0. The summed E-state index contributed by atoms with van der Waals surface area (Å²) in [5, 5.41) is 12.6. The molecule has 2 rings (SSSR count). The maximum Gasteiger partial charge on any atom is 0.253 e. The van der Waals surface area contributed by atoms with Crippen LogP contribution in [0.3, 0.4) is 0 Å². The molecule has 4 nitrogen and oxygen atoms in total. The van der Waals surface area contributed by atoms with Crippen LogP contribution in [0.15, 0.2) is 18.2 Å². The van der Waals surface area contributed by atoms with Crippen LogP contribution < -0.4 is 5.32 Å². The summed E-state index contributed by atoms with van der Waals surface area (Å²) in [7, 11) is 0. The number of aliphatic hydroxyl groups excluding tert-OH is 1. The first-order chi connectivity index (χ1) is 8.65. The standard InChI is InChI=1S/C14H18N2O2/c1-9-10(2)16-13-11(9)5-3-6-12(13)14(18)15-7-4-8-17/h3,5-6,16-17H,4,7-8H2,1-2H3,(H,15,18). The van der Waals surface area contributed by atoms with E-state index in [0.29, 0.717) is 18.5 Å². The fourth-order valence-corrected chi connectivity index (χ4v) is 2.05. The van der Waals surface area contributed by atoms with E-state index in [1.807, 2.05) is 32.0 Å². The molecule has 1 amide bonds. The van der Waals surface area contributed by atoms with E-state index in [1.165, 1.54) is 5.56 Å². The van der Waals surface area contributed by atoms with Gasteiger partial charge in [0.1, 0.15) is 0 Å². The monoisotopic (exact) mass is 246 g/mol. The van der Waals surface area contributed by atoms with Gasteiger partial charge in [-0.05, 0) is 31.9 Å². The van der Waals surface area contributed by atoms with Crippen LogP contribution in [0.25, 0.3) is 10.9 Å². The molecule has 0 atom stereocenters. The van der Waals surface area contributed by atoms with Gasteiger partial charge >= 0.3 is 0 Å². The highest BCUT2D eigenvalue weighted by molar-refractivity contribution is 6.06. The topological polar surface area (TPSA) is 65.1 Å². The predicted octanol–water partition coefficient (Wildman–Crippen LogP) is 1.90. The second-order valence-electron chi connectivity index (χ2n) is 4.44. The molecule has 0 saturated heterocycles. The van der Waals surface area contributed by atoms with Crippen LogP contribution in [-0.4, -0.2) is 29.1 Å². The van der Waals surface area contributed by atoms with E-state index in [1.54, 1.807) is 0 Å². The molecule has 0 radical (unpaired) electrons. The Morgan fingerprint density at radius 1 is 1.39 bits per heavy atom. The van der Waals surface area contributed by atoms with Crippen LogP contribution in [0.1, 0.15) is 28.0 Å². The van der Waals surface area contributed by atoms with Crippen molar-refractivity contribution < 1.29 is 9.90 Å². The molecular formula is C14H18N2O2. The highest BCUT2D eigenvalue weighted by Crippen LogP contribution is 2.23. The van der Waals surface area contributed by atoms with Crippen LogP contribution in [0, 0.1) is 13.8 Å². The van der Waals surface area contributed by atoms with Crippen LogP contribution >= 0.6 is 0 Å². The first-order valence-electron chi connectivity index (χ1n) is 6.12. The molecule has 3 N–H and O–H groups in total. The first kappa shape index (κ1) is 12.6. The highest BCUT2D eigenvalue weighted by atomic mass is 16.3. The summed E-state index contributed by atoms with van der Waals surface area (Å²) in [5.41, 5.74) is 3.80. The van der Waals surface area contributed by atoms with E-state index in [4.69, 9.17) is 5.11 Å². The minimum atomic E-state index is -0.102. The van der Waals surface area contributed by atoms with Gasteiger partial charge in [0, 0.05) is 24.2 Å². The molecule has 2 aromatic rings. The number of amides is 1. The summed E-state index contributed by atoms with van der Waals surface area (Å²) < 4.78 is 0. The zero-order valence-corrected chi connectivity index (χ0v) is 10.7. The summed E-state index contributed by atoms with van der Waals surface area (Å²) >= 11 is 0. The van der Waals surface area contributed by atoms with E-state index in [0.717, 1.165) is 16.6 Å². The van der Waals surface area contributed by atoms with Gasteiger partial charge in [0.15, 0.2) is 0 Å². The summed E-state index contributed by atoms with van der Waals surface area (Å²) in [5.74, 6) is -0.102. The second kappa shape index (κ2) is 5.23. The number of aryl methyl sites for hydroxylation is 2. The first-order valence-corrected chi connectivity index (χ1v) is 6.12. The van der Waals surface area contributed by atoms with Crippen molar-refractivity contribution in [2.24, 2.45) is 0 Å². The van der Waals surface area contributed by atoms with Crippen molar-refractivity contribution in [3.63, 3.8) is 0 Å². The average Bonchev–Trinajstić information content (AvgIpc) is 2.66. The van der Waals surface area contributed by atoms with Crippen molar-refractivity contribution in [2.45, 2.75) is 20.3 Å². The normalized spacial score (nSPS) is 10.8. The number of carbonyl (C=O) groups excluding carboxylic acids is 1. The second-order valence-corrected chi connectivity index (χ2v) is 4.44. The minimum absolute atomic E-state index is 0.0885. The fraction of sp³-hybridized carbons (Fsp3) is 0.357. The van der Waals surface area contributed by atoms with Crippen molar-refractivity contribution in [3.05, 3.63) is 35.0 Å². The van der Waals surface area contributed by atoms with E-state index in [9.17, 15) is 4.79 Å². The molecule has 0 spiro atoms. The van der Waals surface area contributed by atoms with Crippen molar-refractivity contribution >= 4 is 16.8 Å². The van der Waals surface area contributed by atoms with Gasteiger partial charge in [-0.25, -0.2) is 0 Å². The lowest BCUT2D eigenvalue weighted by molar-refractivity contribution is 0.0952. The van der Waals surface area contributed by atoms with Crippen molar-refractivity contribution in [2.75, 3.05) is 13.2 Å². The third-order valence-electron chi connectivity index (χ3n) is 3.21. The Balaban J connectivity index is 2.33. The minimum Gasteiger partial charge on any atom is -0.396 e. The van der Waals surface area contributed by atoms with Gasteiger partial charge in [0.05, 0.1) is 11.1 Å². The van der Waals surface area contributed by atoms with Gasteiger partial charge in [-0.15, -0.1) is 0 Å². The van der Waals surface area contributed by atoms with Gasteiger partial charge in [-0.2, -0.15) is 0 Å². The Kier molecular flexibility index (Phi) is 3.67. The van der Waals surface area contributed by atoms with Crippen molar-refractivity contribution in [1.82, 2.24) is 10.3 Å². The summed E-state index contributed by atoms with van der Waals surface area (Å²) in [6.45, 7) is 4.62. The third kappa shape index (κ3) is 2.24. The van der Waals surface area contributed by atoms with Crippen LogP contribution in [-0.2, 0) is 0 Å². The van der Waals surface area contributed by atoms with Gasteiger partial charge in [0.2, 0.25) is 0 Å². The number of carbonyl (C=O) groups is 1. The number of benzene rings is 1. The number of aromatic nitrogens is 1. The van der Waals surface area contributed by atoms with Crippen molar-refractivity contribution in [1.29, 1.82) is 0 Å². The molecule has 0 unspecified atom stereocenters. The Bertz CT molecular complexity index is 572. The number of fused-ring (bicyclic) bond motifs is 1. The summed E-state index contributed by atoms with van der Waals surface area (Å²) in [6.07, 6.45) is 0.574. The van der Waals surface area contributed by atoms with Gasteiger partial charge in [-0.1, -0.05) is 12.1 Å². The Morgan fingerprint density at radius 3 is 2.89 bits per heavy atom. The number of aromatic amines is 1. The zero-order chi connectivity index (χ0) is 13.1. The Hall–Kier alpha value is -1.81. The highest BCUT2D eigenvalue weighted by Gasteiger charge is 2.13. The molecule has 0 aliphatic heterocycles. The molecule has 4 heteroatoms. The molecule has 0 aliphatic rings. The number of nitrogens with one attached hydrogen (secondary N) is 2. The van der Waals surface area contributed by atoms with Crippen molar-refractivity contribution in [3.8, 4) is 0 Å². The molecule has 1 aromatic heterocycles. The van der Waals surface area contributed by atoms with E-state index < -0.39 is 0 Å². The van der Waals surface area contributed by atoms with E-state index >= 15 is 0 Å². The van der Waals surface area contributed by atoms with Gasteiger partial charge in [0.25, 0.3) is 5.91 Å². The SMILES string of the molecule is Cc1[nH]c2c(C(=O)NCCCO)cccc2c1C. The van der Waals surface area contributed by atoms with Crippen LogP contribution in [0.2, 0.25) is 0 Å². The van der Waals surface area contributed by atoms with Crippen LogP contribution in [0.4, 0.5) is 0 Å². The molecule has 1 aromatic carbocycles. The molecule has 0 aliphatic carbocycles. The largest absolute Gasteiger partial charge is 0.396 e.